The number of benzene rings is 1. The molecule has 1 heterocycles. The van der Waals surface area contributed by atoms with Crippen molar-refractivity contribution in [2.24, 2.45) is 5.92 Å². The van der Waals surface area contributed by atoms with Gasteiger partial charge in [0.25, 0.3) is 0 Å². The molecule has 0 amide bonds. The van der Waals surface area contributed by atoms with E-state index in [1.165, 1.54) is 24.8 Å². The van der Waals surface area contributed by atoms with Gasteiger partial charge in [0.05, 0.1) is 0 Å². The third kappa shape index (κ3) is 3.07. The minimum atomic E-state index is 0.287. The van der Waals surface area contributed by atoms with Crippen molar-refractivity contribution in [1.82, 2.24) is 4.90 Å². The zero-order chi connectivity index (χ0) is 13.9. The van der Waals surface area contributed by atoms with Crippen LogP contribution >= 0.6 is 11.6 Å². The molecule has 2 nitrogen and oxygen atoms in total. The molecule has 1 saturated heterocycles. The number of carbonyl (C=O) groups excluding carboxylic acids is 1. The first-order chi connectivity index (χ1) is 9.74. The maximum Gasteiger partial charge on any atom is 0.137 e. The number of hydrogen-bond acceptors (Lipinski definition) is 2. The highest BCUT2D eigenvalue weighted by Gasteiger charge is 2.36. The van der Waals surface area contributed by atoms with Gasteiger partial charge in [-0.3, -0.25) is 9.69 Å². The number of likely N-dealkylation sites (tertiary alicyclic amines) is 1. The number of hydrogen-bond donors (Lipinski definition) is 0. The highest BCUT2D eigenvalue weighted by atomic mass is 35.5. The first-order valence-electron chi connectivity index (χ1n) is 7.75. The summed E-state index contributed by atoms with van der Waals surface area (Å²) in [6, 6.07) is 8.56. The van der Waals surface area contributed by atoms with Crippen molar-refractivity contribution in [1.29, 1.82) is 0 Å². The van der Waals surface area contributed by atoms with Gasteiger partial charge in [-0.25, -0.2) is 0 Å². The Labute approximate surface area is 126 Å². The van der Waals surface area contributed by atoms with Crippen molar-refractivity contribution in [3.8, 4) is 0 Å². The van der Waals surface area contributed by atoms with Gasteiger partial charge in [0, 0.05) is 29.9 Å². The van der Waals surface area contributed by atoms with Gasteiger partial charge >= 0.3 is 0 Å². The maximum atomic E-state index is 12.1. The van der Waals surface area contributed by atoms with Gasteiger partial charge in [-0.2, -0.15) is 0 Å². The smallest absolute Gasteiger partial charge is 0.137 e. The number of rotatable bonds is 3. The van der Waals surface area contributed by atoms with Crippen LogP contribution in [0.25, 0.3) is 0 Å². The van der Waals surface area contributed by atoms with E-state index in [-0.39, 0.29) is 5.92 Å². The third-order valence-electron chi connectivity index (χ3n) is 4.76. The lowest BCUT2D eigenvalue weighted by atomic mass is 9.88. The Bertz CT molecular complexity index is 488. The number of piperidine rings is 1. The summed E-state index contributed by atoms with van der Waals surface area (Å²) in [6.07, 6.45) is 6.67. The van der Waals surface area contributed by atoms with E-state index in [9.17, 15) is 4.79 Å². The predicted molar refractivity (Wildman–Crippen MR) is 81.8 cm³/mol. The lowest BCUT2D eigenvalue weighted by Gasteiger charge is -2.38. The molecule has 1 aromatic carbocycles. The molecular formula is C17H22ClNO. The van der Waals surface area contributed by atoms with Crippen LogP contribution in [0.4, 0.5) is 0 Å². The van der Waals surface area contributed by atoms with Gasteiger partial charge < -0.3 is 0 Å². The van der Waals surface area contributed by atoms with Crippen molar-refractivity contribution < 1.29 is 4.79 Å². The quantitative estimate of drug-likeness (QED) is 0.837. The topological polar surface area (TPSA) is 20.3 Å². The van der Waals surface area contributed by atoms with Gasteiger partial charge in [0.15, 0.2) is 0 Å². The molecule has 2 aliphatic rings. The Hall–Kier alpha value is -0.860. The largest absolute Gasteiger partial charge is 0.299 e. The van der Waals surface area contributed by atoms with Crippen LogP contribution in [0.3, 0.4) is 0 Å². The van der Waals surface area contributed by atoms with Gasteiger partial charge in [0.2, 0.25) is 0 Å². The zero-order valence-corrected chi connectivity index (χ0v) is 12.6. The van der Waals surface area contributed by atoms with Crippen molar-refractivity contribution in [3.63, 3.8) is 0 Å². The van der Waals surface area contributed by atoms with Crippen LogP contribution in [0, 0.1) is 5.92 Å². The van der Waals surface area contributed by atoms with E-state index in [0.29, 0.717) is 11.8 Å². The van der Waals surface area contributed by atoms with Gasteiger partial charge in [-0.05, 0) is 49.9 Å². The molecule has 2 atom stereocenters. The number of nitrogens with zero attached hydrogens (tertiary/aromatic N) is 1. The average Bonchev–Trinajstić information content (AvgIpc) is 2.86. The van der Waals surface area contributed by atoms with E-state index >= 15 is 0 Å². The fourth-order valence-electron chi connectivity index (χ4n) is 3.79. The molecule has 2 fully saturated rings. The van der Waals surface area contributed by atoms with Crippen LogP contribution in [0.5, 0.6) is 0 Å². The Morgan fingerprint density at radius 3 is 2.85 bits per heavy atom. The van der Waals surface area contributed by atoms with Crippen molar-refractivity contribution in [2.75, 3.05) is 6.54 Å². The molecule has 0 aromatic heterocycles. The zero-order valence-electron chi connectivity index (χ0n) is 11.9. The molecule has 0 bridgehead atoms. The molecule has 1 saturated carbocycles. The van der Waals surface area contributed by atoms with Crippen LogP contribution in [0.1, 0.15) is 44.1 Å². The second kappa shape index (κ2) is 6.28. The van der Waals surface area contributed by atoms with Gasteiger partial charge in [0.1, 0.15) is 5.78 Å². The van der Waals surface area contributed by atoms with Crippen LogP contribution in [0.2, 0.25) is 5.02 Å². The second-order valence-corrected chi connectivity index (χ2v) is 6.56. The highest BCUT2D eigenvalue weighted by Crippen LogP contribution is 2.33. The number of Topliss-reactive ketones (excluding diaryl/α,β-unsaturated/α-hetero) is 1. The molecule has 1 aliphatic heterocycles. The second-order valence-electron chi connectivity index (χ2n) is 6.13. The molecule has 20 heavy (non-hydrogen) atoms. The van der Waals surface area contributed by atoms with Crippen LogP contribution in [0.15, 0.2) is 24.3 Å². The van der Waals surface area contributed by atoms with Crippen molar-refractivity contribution >= 4 is 17.4 Å². The van der Waals surface area contributed by atoms with E-state index in [1.807, 2.05) is 18.2 Å². The monoisotopic (exact) mass is 291 g/mol. The molecule has 108 valence electrons. The Morgan fingerprint density at radius 2 is 2.10 bits per heavy atom. The first kappa shape index (κ1) is 14.1. The molecule has 3 heteroatoms. The predicted octanol–water partition coefficient (Wildman–Crippen LogP) is 4.06. The Morgan fingerprint density at radius 1 is 1.20 bits per heavy atom. The van der Waals surface area contributed by atoms with E-state index in [0.717, 1.165) is 37.4 Å². The minimum absolute atomic E-state index is 0.287. The first-order valence-corrected chi connectivity index (χ1v) is 8.13. The minimum Gasteiger partial charge on any atom is -0.299 e. The summed E-state index contributed by atoms with van der Waals surface area (Å²) >= 11 is 6.08. The van der Waals surface area contributed by atoms with Crippen LogP contribution in [-0.2, 0) is 11.3 Å². The van der Waals surface area contributed by atoms with E-state index < -0.39 is 0 Å². The van der Waals surface area contributed by atoms with E-state index in [1.54, 1.807) is 0 Å². The lowest BCUT2D eigenvalue weighted by Crippen LogP contribution is -2.44. The molecule has 2 unspecified atom stereocenters. The average molecular weight is 292 g/mol. The van der Waals surface area contributed by atoms with E-state index in [2.05, 4.69) is 11.0 Å². The maximum absolute atomic E-state index is 12.1. The van der Waals surface area contributed by atoms with Gasteiger partial charge in [-0.15, -0.1) is 0 Å². The SMILES string of the molecule is O=C1CCCC1C1CCCCN1Cc1cccc(Cl)c1. The fourth-order valence-corrected chi connectivity index (χ4v) is 4.00. The Kier molecular flexibility index (Phi) is 4.42. The molecule has 1 aromatic rings. The van der Waals surface area contributed by atoms with Gasteiger partial charge in [-0.1, -0.05) is 30.2 Å². The summed E-state index contributed by atoms with van der Waals surface area (Å²) in [6.45, 7) is 2.04. The third-order valence-corrected chi connectivity index (χ3v) is 4.99. The van der Waals surface area contributed by atoms with Crippen LogP contribution in [-0.4, -0.2) is 23.3 Å². The number of halogens is 1. The molecule has 1 aliphatic carbocycles. The summed E-state index contributed by atoms with van der Waals surface area (Å²) in [5.41, 5.74) is 1.26. The van der Waals surface area contributed by atoms with E-state index in [4.69, 9.17) is 11.6 Å². The molecule has 0 radical (unpaired) electrons. The van der Waals surface area contributed by atoms with Crippen molar-refractivity contribution in [3.05, 3.63) is 34.9 Å². The summed E-state index contributed by atoms with van der Waals surface area (Å²) in [5.74, 6) is 0.780. The normalized spacial score (nSPS) is 27.9. The summed E-state index contributed by atoms with van der Waals surface area (Å²) in [4.78, 5) is 14.6. The lowest BCUT2D eigenvalue weighted by molar-refractivity contribution is -0.123. The van der Waals surface area contributed by atoms with Crippen LogP contribution < -0.4 is 0 Å². The summed E-state index contributed by atoms with van der Waals surface area (Å²) in [7, 11) is 0. The molecule has 0 spiro atoms. The molecular weight excluding hydrogens is 270 g/mol. The molecule has 3 rings (SSSR count). The summed E-state index contributed by atoms with van der Waals surface area (Å²) in [5, 5.41) is 0.799. The molecule has 0 N–H and O–H groups in total. The van der Waals surface area contributed by atoms with Crippen molar-refractivity contribution in [2.45, 2.75) is 51.1 Å². The highest BCUT2D eigenvalue weighted by molar-refractivity contribution is 6.30. The fraction of sp³-hybridized carbons (Fsp3) is 0.588. The summed E-state index contributed by atoms with van der Waals surface area (Å²) < 4.78 is 0. The number of carbonyl (C=O) groups is 1. The standard InChI is InChI=1S/C17H22ClNO/c18-14-6-3-5-13(11-14)12-19-10-2-1-8-16(19)15-7-4-9-17(15)20/h3,5-6,11,15-16H,1-2,4,7-10,12H2. The Balaban J connectivity index is 1.73. The number of ketones is 1.